The van der Waals surface area contributed by atoms with Crippen LogP contribution in [-0.2, 0) is 9.53 Å². The molecule has 1 rings (SSSR count). The van der Waals surface area contributed by atoms with Crippen LogP contribution in [0, 0.1) is 0 Å². The fourth-order valence-electron chi connectivity index (χ4n) is 2.17. The van der Waals surface area contributed by atoms with Crippen LogP contribution < -0.4 is 5.32 Å². The highest BCUT2D eigenvalue weighted by Gasteiger charge is 2.33. The highest BCUT2D eigenvalue weighted by Crippen LogP contribution is 2.25. The minimum absolute atomic E-state index is 0.260. The molecule has 1 atom stereocenters. The van der Waals surface area contributed by atoms with Crippen molar-refractivity contribution in [3.05, 3.63) is 0 Å². The zero-order chi connectivity index (χ0) is 12.8. The van der Waals surface area contributed by atoms with Crippen molar-refractivity contribution in [2.75, 3.05) is 0 Å². The SMILES string of the molecule is CCCC[C@H](NC1CC(OC(C)C)C1)C(=O)O. The quantitative estimate of drug-likeness (QED) is 0.686. The average Bonchev–Trinajstić information content (AvgIpc) is 2.18. The number of nitrogens with one attached hydrogen (secondary N) is 1. The Bertz CT molecular complexity index is 237. The van der Waals surface area contributed by atoms with Gasteiger partial charge in [-0.2, -0.15) is 0 Å². The molecular weight excluding hydrogens is 218 g/mol. The van der Waals surface area contributed by atoms with Crippen LogP contribution in [0.5, 0.6) is 0 Å². The van der Waals surface area contributed by atoms with Gasteiger partial charge in [0.25, 0.3) is 0 Å². The van der Waals surface area contributed by atoms with Gasteiger partial charge in [-0.25, -0.2) is 0 Å². The molecule has 0 aromatic rings. The Morgan fingerprint density at radius 2 is 2.12 bits per heavy atom. The van der Waals surface area contributed by atoms with Crippen LogP contribution in [0.25, 0.3) is 0 Å². The van der Waals surface area contributed by atoms with Crippen molar-refractivity contribution in [3.8, 4) is 0 Å². The predicted molar refractivity (Wildman–Crippen MR) is 67.1 cm³/mol. The van der Waals surface area contributed by atoms with Crippen LogP contribution in [0.2, 0.25) is 0 Å². The highest BCUT2D eigenvalue weighted by molar-refractivity contribution is 5.73. The standard InChI is InChI=1S/C13H25NO3/c1-4-5-6-12(13(15)16)14-10-7-11(8-10)17-9(2)3/h9-12,14H,4-8H2,1-3H3,(H,15,16)/t10?,11?,12-/m0/s1. The van der Waals surface area contributed by atoms with Gasteiger partial charge in [-0.05, 0) is 33.1 Å². The van der Waals surface area contributed by atoms with E-state index in [9.17, 15) is 4.79 Å². The molecule has 0 spiro atoms. The van der Waals surface area contributed by atoms with E-state index in [2.05, 4.69) is 12.2 Å². The minimum Gasteiger partial charge on any atom is -0.480 e. The Labute approximate surface area is 104 Å². The van der Waals surface area contributed by atoms with Gasteiger partial charge in [0.2, 0.25) is 0 Å². The van der Waals surface area contributed by atoms with E-state index in [0.717, 1.165) is 32.1 Å². The predicted octanol–water partition coefficient (Wildman–Crippen LogP) is 2.18. The van der Waals surface area contributed by atoms with Crippen LogP contribution in [0.1, 0.15) is 52.9 Å². The highest BCUT2D eigenvalue weighted by atomic mass is 16.5. The van der Waals surface area contributed by atoms with Gasteiger partial charge in [0.1, 0.15) is 6.04 Å². The first kappa shape index (κ1) is 14.5. The molecule has 100 valence electrons. The zero-order valence-electron chi connectivity index (χ0n) is 11.1. The normalized spacial score (nSPS) is 25.6. The van der Waals surface area contributed by atoms with Crippen molar-refractivity contribution < 1.29 is 14.6 Å². The topological polar surface area (TPSA) is 58.6 Å². The molecule has 4 heteroatoms. The molecule has 4 nitrogen and oxygen atoms in total. The number of aliphatic carboxylic acids is 1. The lowest BCUT2D eigenvalue weighted by molar-refractivity contribution is -0.140. The monoisotopic (exact) mass is 243 g/mol. The summed E-state index contributed by atoms with van der Waals surface area (Å²) in [6.07, 6.45) is 5.17. The van der Waals surface area contributed by atoms with Crippen LogP contribution >= 0.6 is 0 Å². The van der Waals surface area contributed by atoms with E-state index in [1.54, 1.807) is 0 Å². The number of carboxylic acid groups (broad SMARTS) is 1. The summed E-state index contributed by atoms with van der Waals surface area (Å²) in [5.74, 6) is -0.730. The Morgan fingerprint density at radius 1 is 1.47 bits per heavy atom. The van der Waals surface area contributed by atoms with E-state index in [1.165, 1.54) is 0 Å². The van der Waals surface area contributed by atoms with E-state index < -0.39 is 5.97 Å². The second-order valence-corrected chi connectivity index (χ2v) is 5.17. The van der Waals surface area contributed by atoms with Crippen molar-refractivity contribution in [1.29, 1.82) is 0 Å². The Kier molecular flexibility index (Phi) is 5.92. The summed E-state index contributed by atoms with van der Waals surface area (Å²) in [5, 5.41) is 12.3. The summed E-state index contributed by atoms with van der Waals surface area (Å²) < 4.78 is 5.65. The fourth-order valence-corrected chi connectivity index (χ4v) is 2.17. The molecule has 0 radical (unpaired) electrons. The molecule has 1 fully saturated rings. The second kappa shape index (κ2) is 6.97. The van der Waals surface area contributed by atoms with E-state index in [1.807, 2.05) is 13.8 Å². The third kappa shape index (κ3) is 5.04. The summed E-state index contributed by atoms with van der Waals surface area (Å²) in [4.78, 5) is 11.0. The van der Waals surface area contributed by atoms with Gasteiger partial charge in [0.05, 0.1) is 12.2 Å². The number of hydrogen-bond donors (Lipinski definition) is 2. The second-order valence-electron chi connectivity index (χ2n) is 5.17. The fraction of sp³-hybridized carbons (Fsp3) is 0.923. The number of unbranched alkanes of at least 4 members (excludes halogenated alkanes) is 1. The Balaban J connectivity index is 2.22. The minimum atomic E-state index is -0.730. The van der Waals surface area contributed by atoms with Gasteiger partial charge in [-0.15, -0.1) is 0 Å². The average molecular weight is 243 g/mol. The molecule has 2 N–H and O–H groups in total. The van der Waals surface area contributed by atoms with Crippen molar-refractivity contribution in [2.24, 2.45) is 0 Å². The Hall–Kier alpha value is -0.610. The van der Waals surface area contributed by atoms with Crippen molar-refractivity contribution in [1.82, 2.24) is 5.32 Å². The largest absolute Gasteiger partial charge is 0.480 e. The number of hydrogen-bond acceptors (Lipinski definition) is 3. The molecule has 0 aromatic heterocycles. The van der Waals surface area contributed by atoms with Gasteiger partial charge in [-0.3, -0.25) is 4.79 Å². The maximum absolute atomic E-state index is 11.0. The summed E-state index contributed by atoms with van der Waals surface area (Å²) in [7, 11) is 0. The molecule has 1 saturated carbocycles. The van der Waals surface area contributed by atoms with E-state index >= 15 is 0 Å². The summed E-state index contributed by atoms with van der Waals surface area (Å²) in [6.45, 7) is 6.14. The van der Waals surface area contributed by atoms with Crippen molar-refractivity contribution in [3.63, 3.8) is 0 Å². The molecule has 1 aliphatic rings. The smallest absolute Gasteiger partial charge is 0.320 e. The third-order valence-corrected chi connectivity index (χ3v) is 3.14. The van der Waals surface area contributed by atoms with Gasteiger partial charge < -0.3 is 15.2 Å². The summed E-state index contributed by atoms with van der Waals surface area (Å²) in [6, 6.07) is -0.0725. The lowest BCUT2D eigenvalue weighted by Crippen LogP contribution is -2.52. The van der Waals surface area contributed by atoms with Crippen LogP contribution in [0.15, 0.2) is 0 Å². The third-order valence-electron chi connectivity index (χ3n) is 3.14. The number of rotatable bonds is 8. The first-order chi connectivity index (χ1) is 8.02. The number of carboxylic acids is 1. The maximum atomic E-state index is 11.0. The van der Waals surface area contributed by atoms with Crippen LogP contribution in [0.3, 0.4) is 0 Å². The Morgan fingerprint density at radius 3 is 2.59 bits per heavy atom. The van der Waals surface area contributed by atoms with Gasteiger partial charge >= 0.3 is 5.97 Å². The molecule has 0 unspecified atom stereocenters. The zero-order valence-corrected chi connectivity index (χ0v) is 11.1. The van der Waals surface area contributed by atoms with E-state index in [0.29, 0.717) is 12.1 Å². The summed E-state index contributed by atoms with van der Waals surface area (Å²) in [5.41, 5.74) is 0. The molecule has 0 aromatic carbocycles. The first-order valence-corrected chi connectivity index (χ1v) is 6.67. The van der Waals surface area contributed by atoms with E-state index in [-0.39, 0.29) is 12.1 Å². The van der Waals surface area contributed by atoms with Crippen LogP contribution in [0.4, 0.5) is 0 Å². The van der Waals surface area contributed by atoms with Crippen molar-refractivity contribution in [2.45, 2.75) is 77.2 Å². The molecular formula is C13H25NO3. The molecule has 1 aliphatic carbocycles. The van der Waals surface area contributed by atoms with Gasteiger partial charge in [-0.1, -0.05) is 19.8 Å². The summed E-state index contributed by atoms with van der Waals surface area (Å²) >= 11 is 0. The molecule has 0 saturated heterocycles. The number of ether oxygens (including phenoxy) is 1. The maximum Gasteiger partial charge on any atom is 0.320 e. The van der Waals surface area contributed by atoms with Crippen molar-refractivity contribution >= 4 is 5.97 Å². The molecule has 0 heterocycles. The van der Waals surface area contributed by atoms with Gasteiger partial charge in [0.15, 0.2) is 0 Å². The molecule has 0 aliphatic heterocycles. The molecule has 17 heavy (non-hydrogen) atoms. The molecule has 0 amide bonds. The van der Waals surface area contributed by atoms with Crippen LogP contribution in [-0.4, -0.2) is 35.4 Å². The first-order valence-electron chi connectivity index (χ1n) is 6.67. The lowest BCUT2D eigenvalue weighted by atomic mass is 9.88. The molecule has 0 bridgehead atoms. The van der Waals surface area contributed by atoms with Gasteiger partial charge in [0, 0.05) is 6.04 Å². The number of carbonyl (C=O) groups is 1. The lowest BCUT2D eigenvalue weighted by Gasteiger charge is -2.38. The van der Waals surface area contributed by atoms with E-state index in [4.69, 9.17) is 9.84 Å².